The van der Waals surface area contributed by atoms with E-state index in [2.05, 4.69) is 48.3 Å². The van der Waals surface area contributed by atoms with E-state index in [-0.39, 0.29) is 5.91 Å². The number of carbonyl (C=O) groups is 1. The summed E-state index contributed by atoms with van der Waals surface area (Å²) in [5, 5.41) is 0. The molecule has 0 bridgehead atoms. The highest BCUT2D eigenvalue weighted by Gasteiger charge is 2.22. The molecule has 4 rings (SSSR count). The van der Waals surface area contributed by atoms with E-state index < -0.39 is 0 Å². The van der Waals surface area contributed by atoms with Crippen LogP contribution < -0.4 is 0 Å². The number of amides is 1. The van der Waals surface area contributed by atoms with Gasteiger partial charge in [-0.15, -0.1) is 0 Å². The molecule has 3 heteroatoms. The van der Waals surface area contributed by atoms with Crippen LogP contribution in [0, 0.1) is 0 Å². The lowest BCUT2D eigenvalue weighted by Gasteiger charge is -2.21. The van der Waals surface area contributed by atoms with Crippen molar-refractivity contribution in [1.82, 2.24) is 9.80 Å². The van der Waals surface area contributed by atoms with Gasteiger partial charge in [-0.3, -0.25) is 4.79 Å². The van der Waals surface area contributed by atoms with Gasteiger partial charge < -0.3 is 9.80 Å². The average Bonchev–Trinajstić information content (AvgIpc) is 2.80. The van der Waals surface area contributed by atoms with Crippen LogP contribution >= 0.6 is 0 Å². The third-order valence-electron chi connectivity index (χ3n) is 5.05. The predicted molar refractivity (Wildman–Crippen MR) is 92.7 cm³/mol. The maximum atomic E-state index is 12.8. The smallest absolute Gasteiger partial charge is 0.253 e. The van der Waals surface area contributed by atoms with E-state index in [9.17, 15) is 4.79 Å². The molecule has 2 aromatic rings. The van der Waals surface area contributed by atoms with Crippen molar-refractivity contribution >= 4 is 5.91 Å². The highest BCUT2D eigenvalue weighted by molar-refractivity contribution is 5.95. The van der Waals surface area contributed by atoms with E-state index in [1.807, 2.05) is 11.0 Å². The fraction of sp³-hybridized carbons (Fsp3) is 0.350. The second-order valence-corrected chi connectivity index (χ2v) is 6.65. The standard InChI is InChI=1S/C20H22N2O/c1-21-9-4-10-22(12-11-21)20(23)16-7-8-19-17(14-16)13-15-5-2-3-6-18(15)19/h2-3,5-8,14H,4,9-13H2,1H3. The Morgan fingerprint density at radius 1 is 0.913 bits per heavy atom. The van der Waals surface area contributed by atoms with Gasteiger partial charge in [0, 0.05) is 25.2 Å². The molecule has 118 valence electrons. The molecule has 1 aliphatic heterocycles. The Labute approximate surface area is 137 Å². The topological polar surface area (TPSA) is 23.6 Å². The van der Waals surface area contributed by atoms with E-state index in [4.69, 9.17) is 0 Å². The molecule has 0 radical (unpaired) electrons. The molecule has 1 saturated heterocycles. The number of carbonyl (C=O) groups excluding carboxylic acids is 1. The molecule has 0 aromatic heterocycles. The minimum Gasteiger partial charge on any atom is -0.337 e. The summed E-state index contributed by atoms with van der Waals surface area (Å²) in [4.78, 5) is 17.1. The average molecular weight is 306 g/mol. The Kier molecular flexibility index (Phi) is 3.66. The molecular formula is C20H22N2O. The Bertz CT molecular complexity index is 753. The summed E-state index contributed by atoms with van der Waals surface area (Å²) < 4.78 is 0. The van der Waals surface area contributed by atoms with Gasteiger partial charge in [0.15, 0.2) is 0 Å². The van der Waals surface area contributed by atoms with Crippen LogP contribution in [0.3, 0.4) is 0 Å². The quantitative estimate of drug-likeness (QED) is 0.690. The first-order chi connectivity index (χ1) is 11.2. The molecule has 23 heavy (non-hydrogen) atoms. The van der Waals surface area contributed by atoms with Crippen LogP contribution in [0.2, 0.25) is 0 Å². The van der Waals surface area contributed by atoms with Crippen molar-refractivity contribution in [3.05, 3.63) is 59.2 Å². The molecule has 0 N–H and O–H groups in total. The van der Waals surface area contributed by atoms with E-state index in [1.54, 1.807) is 0 Å². The van der Waals surface area contributed by atoms with E-state index in [0.717, 1.165) is 44.6 Å². The molecule has 1 amide bonds. The minimum atomic E-state index is 0.180. The van der Waals surface area contributed by atoms with Crippen LogP contribution in [0.5, 0.6) is 0 Å². The molecule has 2 aromatic carbocycles. The summed E-state index contributed by atoms with van der Waals surface area (Å²) in [6.45, 7) is 3.72. The Hall–Kier alpha value is -2.13. The zero-order valence-electron chi connectivity index (χ0n) is 13.6. The van der Waals surface area contributed by atoms with E-state index in [0.29, 0.717) is 0 Å². The van der Waals surface area contributed by atoms with Crippen LogP contribution in [0.4, 0.5) is 0 Å². The van der Waals surface area contributed by atoms with Gasteiger partial charge in [0.2, 0.25) is 0 Å². The molecule has 1 aliphatic carbocycles. The Balaban J connectivity index is 1.59. The molecule has 0 unspecified atom stereocenters. The fourth-order valence-electron chi connectivity index (χ4n) is 3.71. The number of fused-ring (bicyclic) bond motifs is 3. The van der Waals surface area contributed by atoms with Crippen molar-refractivity contribution in [3.8, 4) is 11.1 Å². The second kappa shape index (κ2) is 5.82. The molecule has 0 saturated carbocycles. The maximum Gasteiger partial charge on any atom is 0.253 e. The first kappa shape index (κ1) is 14.5. The third-order valence-corrected chi connectivity index (χ3v) is 5.05. The summed E-state index contributed by atoms with van der Waals surface area (Å²) in [6, 6.07) is 14.8. The monoisotopic (exact) mass is 306 g/mol. The summed E-state index contributed by atoms with van der Waals surface area (Å²) in [5.41, 5.74) is 6.08. The number of nitrogens with zero attached hydrogens (tertiary/aromatic N) is 2. The Morgan fingerprint density at radius 3 is 2.65 bits per heavy atom. The lowest BCUT2D eigenvalue weighted by atomic mass is 10.0. The number of hydrogen-bond donors (Lipinski definition) is 0. The number of rotatable bonds is 1. The summed E-state index contributed by atoms with van der Waals surface area (Å²) in [6.07, 6.45) is 1.99. The van der Waals surface area contributed by atoms with Crippen molar-refractivity contribution in [2.24, 2.45) is 0 Å². The summed E-state index contributed by atoms with van der Waals surface area (Å²) in [5.74, 6) is 0.180. The van der Waals surface area contributed by atoms with Gasteiger partial charge in [-0.1, -0.05) is 30.3 Å². The predicted octanol–water partition coefficient (Wildman–Crippen LogP) is 3.04. The number of likely N-dealkylation sites (N-methyl/N-ethyl adjacent to an activating group) is 1. The van der Waals surface area contributed by atoms with E-state index >= 15 is 0 Å². The Morgan fingerprint density at radius 2 is 1.74 bits per heavy atom. The van der Waals surface area contributed by atoms with Gasteiger partial charge in [-0.2, -0.15) is 0 Å². The lowest BCUT2D eigenvalue weighted by Crippen LogP contribution is -2.34. The van der Waals surface area contributed by atoms with Crippen molar-refractivity contribution in [2.45, 2.75) is 12.8 Å². The highest BCUT2D eigenvalue weighted by Crippen LogP contribution is 2.36. The van der Waals surface area contributed by atoms with E-state index in [1.165, 1.54) is 22.3 Å². The zero-order valence-corrected chi connectivity index (χ0v) is 13.6. The van der Waals surface area contributed by atoms with Crippen LogP contribution in [0.1, 0.15) is 27.9 Å². The number of hydrogen-bond acceptors (Lipinski definition) is 2. The number of benzene rings is 2. The van der Waals surface area contributed by atoms with Gasteiger partial charge in [0.25, 0.3) is 5.91 Å². The first-order valence-corrected chi connectivity index (χ1v) is 8.41. The van der Waals surface area contributed by atoms with Crippen molar-refractivity contribution in [2.75, 3.05) is 33.2 Å². The van der Waals surface area contributed by atoms with Crippen molar-refractivity contribution in [1.29, 1.82) is 0 Å². The van der Waals surface area contributed by atoms with Gasteiger partial charge >= 0.3 is 0 Å². The van der Waals surface area contributed by atoms with Crippen LogP contribution in [0.15, 0.2) is 42.5 Å². The summed E-state index contributed by atoms with van der Waals surface area (Å²) >= 11 is 0. The van der Waals surface area contributed by atoms with Gasteiger partial charge in [0.1, 0.15) is 0 Å². The fourth-order valence-corrected chi connectivity index (χ4v) is 3.71. The van der Waals surface area contributed by atoms with Crippen molar-refractivity contribution < 1.29 is 4.79 Å². The van der Waals surface area contributed by atoms with Crippen LogP contribution in [-0.2, 0) is 6.42 Å². The normalized spacial score (nSPS) is 17.5. The van der Waals surface area contributed by atoms with Crippen LogP contribution in [0.25, 0.3) is 11.1 Å². The lowest BCUT2D eigenvalue weighted by molar-refractivity contribution is 0.0763. The van der Waals surface area contributed by atoms with Gasteiger partial charge in [0.05, 0.1) is 0 Å². The molecule has 0 atom stereocenters. The summed E-state index contributed by atoms with van der Waals surface area (Å²) in [7, 11) is 2.13. The van der Waals surface area contributed by atoms with Gasteiger partial charge in [-0.05, 0) is 60.8 Å². The molecule has 1 heterocycles. The highest BCUT2D eigenvalue weighted by atomic mass is 16.2. The van der Waals surface area contributed by atoms with Crippen molar-refractivity contribution in [3.63, 3.8) is 0 Å². The molecule has 2 aliphatic rings. The van der Waals surface area contributed by atoms with Crippen LogP contribution in [-0.4, -0.2) is 48.9 Å². The molecule has 0 spiro atoms. The SMILES string of the molecule is CN1CCCN(C(=O)c2ccc3c(c2)Cc2ccccc2-3)CC1. The molecular weight excluding hydrogens is 284 g/mol. The molecule has 1 fully saturated rings. The molecule has 3 nitrogen and oxygen atoms in total. The third kappa shape index (κ3) is 2.66. The largest absolute Gasteiger partial charge is 0.337 e. The van der Waals surface area contributed by atoms with Gasteiger partial charge in [-0.25, -0.2) is 0 Å². The maximum absolute atomic E-state index is 12.8. The first-order valence-electron chi connectivity index (χ1n) is 8.41. The second-order valence-electron chi connectivity index (χ2n) is 6.65. The zero-order chi connectivity index (χ0) is 15.8. The minimum absolute atomic E-state index is 0.180.